The lowest BCUT2D eigenvalue weighted by Crippen LogP contribution is -2.29. The third-order valence-corrected chi connectivity index (χ3v) is 3.98. The molecule has 2 rings (SSSR count). The highest BCUT2D eigenvalue weighted by Crippen LogP contribution is 2.14. The largest absolute Gasteiger partial charge is 0.362 e. The van der Waals surface area contributed by atoms with E-state index in [0.717, 1.165) is 35.4 Å². The quantitative estimate of drug-likeness (QED) is 0.601. The van der Waals surface area contributed by atoms with Crippen LogP contribution in [0.25, 0.3) is 0 Å². The maximum atomic E-state index is 5.96. The summed E-state index contributed by atoms with van der Waals surface area (Å²) in [6.07, 6.45) is 2.76. The van der Waals surface area contributed by atoms with Gasteiger partial charge in [-0.1, -0.05) is 27.5 Å². The summed E-state index contributed by atoms with van der Waals surface area (Å²) in [7, 11) is 0. The number of aryl methyl sites for hydroxylation is 2. The molecule has 0 bridgehead atoms. The van der Waals surface area contributed by atoms with Gasteiger partial charge in [-0.3, -0.25) is 4.68 Å². The molecule has 7 heteroatoms. The molecule has 2 aromatic rings. The highest BCUT2D eigenvalue weighted by atomic mass is 79.9. The van der Waals surface area contributed by atoms with Crippen LogP contribution in [0.5, 0.6) is 0 Å². The first-order valence-electron chi connectivity index (χ1n) is 6.54. The molecular formula is C14H16BrClN4S. The number of aromatic nitrogens is 2. The Morgan fingerprint density at radius 2 is 2.10 bits per heavy atom. The number of thiocarbonyl (C=S) groups is 1. The van der Waals surface area contributed by atoms with E-state index >= 15 is 0 Å². The minimum atomic E-state index is 0.618. The number of nitrogens with zero attached hydrogens (tertiary/aromatic N) is 2. The summed E-state index contributed by atoms with van der Waals surface area (Å²) in [4.78, 5) is 0. The van der Waals surface area contributed by atoms with E-state index < -0.39 is 0 Å². The molecule has 112 valence electrons. The summed E-state index contributed by atoms with van der Waals surface area (Å²) in [5.74, 6) is 0. The van der Waals surface area contributed by atoms with Gasteiger partial charge in [0.1, 0.15) is 0 Å². The molecule has 0 radical (unpaired) electrons. The molecule has 0 saturated heterocycles. The molecule has 1 heterocycles. The SMILES string of the molecule is Cc1nn(CCCNC(=S)Nc2ccc(Br)cc2)cc1Cl. The second kappa shape index (κ2) is 7.77. The van der Waals surface area contributed by atoms with E-state index in [9.17, 15) is 0 Å². The highest BCUT2D eigenvalue weighted by molar-refractivity contribution is 9.10. The summed E-state index contributed by atoms with van der Waals surface area (Å²) in [5.41, 5.74) is 1.82. The van der Waals surface area contributed by atoms with Crippen molar-refractivity contribution < 1.29 is 0 Å². The Balaban J connectivity index is 1.68. The van der Waals surface area contributed by atoms with Crippen molar-refractivity contribution in [3.63, 3.8) is 0 Å². The Bertz CT molecular complexity index is 592. The van der Waals surface area contributed by atoms with Gasteiger partial charge >= 0.3 is 0 Å². The molecule has 0 atom stereocenters. The monoisotopic (exact) mass is 386 g/mol. The number of rotatable bonds is 5. The lowest BCUT2D eigenvalue weighted by Gasteiger charge is -2.10. The number of nitrogens with one attached hydrogen (secondary N) is 2. The molecule has 0 aliphatic rings. The van der Waals surface area contributed by atoms with E-state index in [1.54, 1.807) is 0 Å². The third kappa shape index (κ3) is 5.30. The van der Waals surface area contributed by atoms with Crippen LogP contribution in [0.3, 0.4) is 0 Å². The Morgan fingerprint density at radius 1 is 1.38 bits per heavy atom. The predicted molar refractivity (Wildman–Crippen MR) is 95.0 cm³/mol. The van der Waals surface area contributed by atoms with Crippen molar-refractivity contribution in [2.24, 2.45) is 0 Å². The molecule has 0 aliphatic heterocycles. The molecule has 21 heavy (non-hydrogen) atoms. The highest BCUT2D eigenvalue weighted by Gasteiger charge is 2.02. The van der Waals surface area contributed by atoms with Gasteiger partial charge in [0, 0.05) is 29.4 Å². The van der Waals surface area contributed by atoms with E-state index in [-0.39, 0.29) is 0 Å². The number of halogens is 2. The van der Waals surface area contributed by atoms with Gasteiger partial charge in [0.25, 0.3) is 0 Å². The van der Waals surface area contributed by atoms with Gasteiger partial charge in [-0.15, -0.1) is 0 Å². The fourth-order valence-corrected chi connectivity index (χ4v) is 2.39. The fourth-order valence-electron chi connectivity index (χ4n) is 1.76. The smallest absolute Gasteiger partial charge is 0.170 e. The van der Waals surface area contributed by atoms with Crippen LogP contribution in [-0.4, -0.2) is 21.4 Å². The van der Waals surface area contributed by atoms with E-state index in [1.807, 2.05) is 42.1 Å². The summed E-state index contributed by atoms with van der Waals surface area (Å²) in [6, 6.07) is 7.86. The van der Waals surface area contributed by atoms with Gasteiger partial charge in [-0.2, -0.15) is 5.10 Å². The van der Waals surface area contributed by atoms with Crippen molar-refractivity contribution in [1.82, 2.24) is 15.1 Å². The topological polar surface area (TPSA) is 41.9 Å². The second-order valence-electron chi connectivity index (χ2n) is 4.57. The van der Waals surface area contributed by atoms with Gasteiger partial charge in [0.2, 0.25) is 0 Å². The van der Waals surface area contributed by atoms with E-state index in [1.165, 1.54) is 0 Å². The van der Waals surface area contributed by atoms with Crippen LogP contribution in [0.2, 0.25) is 5.02 Å². The van der Waals surface area contributed by atoms with Crippen LogP contribution < -0.4 is 10.6 Å². The van der Waals surface area contributed by atoms with Gasteiger partial charge in [-0.25, -0.2) is 0 Å². The van der Waals surface area contributed by atoms with Crippen LogP contribution in [0.4, 0.5) is 5.69 Å². The molecule has 2 N–H and O–H groups in total. The molecule has 0 amide bonds. The van der Waals surface area contributed by atoms with Gasteiger partial charge < -0.3 is 10.6 Å². The first-order valence-corrected chi connectivity index (χ1v) is 8.12. The Kier molecular flexibility index (Phi) is 6.02. The summed E-state index contributed by atoms with van der Waals surface area (Å²) in [6.45, 7) is 3.48. The van der Waals surface area contributed by atoms with Crippen LogP contribution in [-0.2, 0) is 6.54 Å². The zero-order valence-corrected chi connectivity index (χ0v) is 14.7. The minimum Gasteiger partial charge on any atom is -0.362 e. The number of hydrogen-bond donors (Lipinski definition) is 2. The van der Waals surface area contributed by atoms with Gasteiger partial charge in [-0.05, 0) is 49.8 Å². The molecule has 0 fully saturated rings. The minimum absolute atomic E-state index is 0.618. The Labute approximate surface area is 143 Å². The lowest BCUT2D eigenvalue weighted by atomic mass is 10.3. The number of hydrogen-bond acceptors (Lipinski definition) is 2. The van der Waals surface area contributed by atoms with E-state index in [2.05, 4.69) is 31.7 Å². The zero-order chi connectivity index (χ0) is 15.2. The molecule has 1 aromatic carbocycles. The van der Waals surface area contributed by atoms with Gasteiger partial charge in [0.05, 0.1) is 10.7 Å². The van der Waals surface area contributed by atoms with Crippen molar-refractivity contribution in [2.45, 2.75) is 19.9 Å². The van der Waals surface area contributed by atoms with Crippen molar-refractivity contribution in [2.75, 3.05) is 11.9 Å². The summed E-state index contributed by atoms with van der Waals surface area (Å²) < 4.78 is 2.89. The molecule has 0 unspecified atom stereocenters. The average molecular weight is 388 g/mol. The van der Waals surface area contributed by atoms with E-state index in [0.29, 0.717) is 10.1 Å². The molecule has 0 spiro atoms. The van der Waals surface area contributed by atoms with Crippen molar-refractivity contribution in [1.29, 1.82) is 0 Å². The summed E-state index contributed by atoms with van der Waals surface area (Å²) >= 11 is 14.6. The molecule has 1 aromatic heterocycles. The number of benzene rings is 1. The van der Waals surface area contributed by atoms with E-state index in [4.69, 9.17) is 23.8 Å². The van der Waals surface area contributed by atoms with Crippen molar-refractivity contribution in [3.05, 3.63) is 45.7 Å². The first-order chi connectivity index (χ1) is 10.0. The second-order valence-corrected chi connectivity index (χ2v) is 6.30. The lowest BCUT2D eigenvalue weighted by molar-refractivity contribution is 0.570. The van der Waals surface area contributed by atoms with Crippen LogP contribution in [0.15, 0.2) is 34.9 Å². The Morgan fingerprint density at radius 3 is 2.71 bits per heavy atom. The first kappa shape index (κ1) is 16.3. The van der Waals surface area contributed by atoms with Crippen LogP contribution >= 0.6 is 39.7 Å². The molecule has 0 saturated carbocycles. The molecular weight excluding hydrogens is 372 g/mol. The third-order valence-electron chi connectivity index (χ3n) is 2.84. The molecule has 0 aliphatic carbocycles. The van der Waals surface area contributed by atoms with Gasteiger partial charge in [0.15, 0.2) is 5.11 Å². The fraction of sp³-hybridized carbons (Fsp3) is 0.286. The van der Waals surface area contributed by atoms with Crippen molar-refractivity contribution >= 4 is 50.5 Å². The molecule has 4 nitrogen and oxygen atoms in total. The maximum absolute atomic E-state index is 5.96. The zero-order valence-electron chi connectivity index (χ0n) is 11.6. The van der Waals surface area contributed by atoms with Crippen molar-refractivity contribution in [3.8, 4) is 0 Å². The maximum Gasteiger partial charge on any atom is 0.170 e. The summed E-state index contributed by atoms with van der Waals surface area (Å²) in [5, 5.41) is 11.9. The predicted octanol–water partition coefficient (Wildman–Crippen LogP) is 3.98. The Hall–Kier alpha value is -1.11. The van der Waals surface area contributed by atoms with Crippen LogP contribution in [0, 0.1) is 6.92 Å². The standard InChI is InChI=1S/C14H16BrClN4S/c1-10-13(16)9-20(19-10)8-2-7-17-14(21)18-12-5-3-11(15)4-6-12/h3-6,9H,2,7-8H2,1H3,(H2,17,18,21). The average Bonchev–Trinajstić information content (AvgIpc) is 2.76. The normalized spacial score (nSPS) is 10.4. The van der Waals surface area contributed by atoms with Crippen LogP contribution in [0.1, 0.15) is 12.1 Å². The number of anilines is 1.